The van der Waals surface area contributed by atoms with Crippen LogP contribution in [0.15, 0.2) is 24.6 Å². The molecule has 1 heterocycles. The summed E-state index contributed by atoms with van der Waals surface area (Å²) in [6.07, 6.45) is 8.02. The van der Waals surface area contributed by atoms with Crippen LogP contribution in [0.5, 0.6) is 0 Å². The van der Waals surface area contributed by atoms with Gasteiger partial charge in [0.05, 0.1) is 6.10 Å². The van der Waals surface area contributed by atoms with Crippen LogP contribution in [0, 0.1) is 0 Å². The maximum atomic E-state index is 5.79. The van der Waals surface area contributed by atoms with E-state index in [9.17, 15) is 0 Å². The number of hydrogen-bond acceptors (Lipinski definition) is 3. The first-order valence-corrected chi connectivity index (χ1v) is 7.06. The van der Waals surface area contributed by atoms with Crippen LogP contribution in [-0.4, -0.2) is 49.1 Å². The summed E-state index contributed by atoms with van der Waals surface area (Å²) < 4.78 is 5.79. The largest absolute Gasteiger partial charge is 0.476 e. The lowest BCUT2D eigenvalue weighted by molar-refractivity contribution is 0.0752. The Morgan fingerprint density at radius 3 is 2.56 bits per heavy atom. The fraction of sp³-hybridized carbons (Fsp3) is 0.733. The SMILES string of the molecule is C=C/C=C(/OC(C)C)N(C)CCN1CCCCC1. The van der Waals surface area contributed by atoms with Gasteiger partial charge in [-0.25, -0.2) is 0 Å². The third kappa shape index (κ3) is 5.58. The molecule has 0 spiro atoms. The zero-order valence-corrected chi connectivity index (χ0v) is 12.2. The normalized spacial score (nSPS) is 17.9. The first-order chi connectivity index (χ1) is 8.63. The van der Waals surface area contributed by atoms with Crippen molar-refractivity contribution in [2.75, 3.05) is 33.2 Å². The quantitative estimate of drug-likeness (QED) is 0.512. The predicted octanol–water partition coefficient (Wildman–Crippen LogP) is 2.86. The summed E-state index contributed by atoms with van der Waals surface area (Å²) in [5, 5.41) is 0. The second-order valence-corrected chi connectivity index (χ2v) is 5.23. The van der Waals surface area contributed by atoms with Crippen molar-refractivity contribution in [3.63, 3.8) is 0 Å². The Hall–Kier alpha value is -0.960. The van der Waals surface area contributed by atoms with E-state index < -0.39 is 0 Å². The Morgan fingerprint density at radius 1 is 1.33 bits per heavy atom. The Morgan fingerprint density at radius 2 is 2.00 bits per heavy atom. The molecule has 1 aliphatic rings. The Labute approximate surface area is 112 Å². The molecule has 3 nitrogen and oxygen atoms in total. The van der Waals surface area contributed by atoms with Crippen molar-refractivity contribution in [1.29, 1.82) is 0 Å². The first-order valence-electron chi connectivity index (χ1n) is 7.06. The molecular formula is C15H28N2O. The average molecular weight is 252 g/mol. The van der Waals surface area contributed by atoms with Crippen molar-refractivity contribution in [3.05, 3.63) is 24.6 Å². The van der Waals surface area contributed by atoms with Crippen molar-refractivity contribution in [2.24, 2.45) is 0 Å². The molecule has 1 fully saturated rings. The monoisotopic (exact) mass is 252 g/mol. The van der Waals surface area contributed by atoms with Crippen molar-refractivity contribution in [2.45, 2.75) is 39.2 Å². The lowest BCUT2D eigenvalue weighted by Gasteiger charge is -2.30. The van der Waals surface area contributed by atoms with Crippen molar-refractivity contribution in [1.82, 2.24) is 9.80 Å². The second-order valence-electron chi connectivity index (χ2n) is 5.23. The van der Waals surface area contributed by atoms with E-state index in [0.717, 1.165) is 19.0 Å². The standard InChI is InChI=1S/C15H28N2O/c1-5-9-15(18-14(2)3)16(4)12-13-17-10-7-6-8-11-17/h5,9,14H,1,6-8,10-13H2,2-4H3/b15-9+. The van der Waals surface area contributed by atoms with Crippen LogP contribution < -0.4 is 0 Å². The third-order valence-electron chi connectivity index (χ3n) is 3.19. The molecule has 18 heavy (non-hydrogen) atoms. The van der Waals surface area contributed by atoms with E-state index in [1.165, 1.54) is 32.4 Å². The number of hydrogen-bond donors (Lipinski definition) is 0. The van der Waals surface area contributed by atoms with Crippen molar-refractivity contribution >= 4 is 0 Å². The van der Waals surface area contributed by atoms with Gasteiger partial charge in [-0.1, -0.05) is 19.1 Å². The number of nitrogens with zero attached hydrogens (tertiary/aromatic N) is 2. The van der Waals surface area contributed by atoms with Crippen molar-refractivity contribution in [3.8, 4) is 0 Å². The highest BCUT2D eigenvalue weighted by atomic mass is 16.5. The fourth-order valence-electron chi connectivity index (χ4n) is 2.18. The minimum atomic E-state index is 0.202. The molecule has 104 valence electrons. The molecule has 0 N–H and O–H groups in total. The minimum Gasteiger partial charge on any atom is -0.476 e. The van der Waals surface area contributed by atoms with Gasteiger partial charge >= 0.3 is 0 Å². The van der Waals surface area contributed by atoms with Crippen LogP contribution in [0.2, 0.25) is 0 Å². The van der Waals surface area contributed by atoms with E-state index in [4.69, 9.17) is 4.74 Å². The summed E-state index contributed by atoms with van der Waals surface area (Å²) in [4.78, 5) is 4.72. The molecule has 0 aromatic carbocycles. The number of piperidine rings is 1. The zero-order chi connectivity index (χ0) is 13.4. The van der Waals surface area contributed by atoms with E-state index in [1.807, 2.05) is 6.08 Å². The third-order valence-corrected chi connectivity index (χ3v) is 3.19. The van der Waals surface area contributed by atoms with E-state index in [-0.39, 0.29) is 6.10 Å². The van der Waals surface area contributed by atoms with E-state index in [0.29, 0.717) is 0 Å². The molecule has 0 radical (unpaired) electrons. The summed E-state index contributed by atoms with van der Waals surface area (Å²) in [5.74, 6) is 0.914. The second kappa shape index (κ2) is 8.20. The van der Waals surface area contributed by atoms with Gasteiger partial charge in [0.2, 0.25) is 0 Å². The molecule has 0 aromatic rings. The Kier molecular flexibility index (Phi) is 6.88. The highest BCUT2D eigenvalue weighted by Crippen LogP contribution is 2.11. The number of allylic oxidation sites excluding steroid dienone is 2. The van der Waals surface area contributed by atoms with Gasteiger partial charge in [0.1, 0.15) is 0 Å². The van der Waals surface area contributed by atoms with Gasteiger partial charge < -0.3 is 14.5 Å². The maximum absolute atomic E-state index is 5.79. The van der Waals surface area contributed by atoms with E-state index >= 15 is 0 Å². The summed E-state index contributed by atoms with van der Waals surface area (Å²) >= 11 is 0. The van der Waals surface area contributed by atoms with Crippen LogP contribution >= 0.6 is 0 Å². The molecule has 0 saturated carbocycles. The molecule has 1 saturated heterocycles. The molecule has 0 unspecified atom stereocenters. The van der Waals surface area contributed by atoms with Gasteiger partial charge in [-0.05, 0) is 45.9 Å². The first kappa shape index (κ1) is 15.1. The topological polar surface area (TPSA) is 15.7 Å². The summed E-state index contributed by atoms with van der Waals surface area (Å²) in [6, 6.07) is 0. The highest BCUT2D eigenvalue weighted by Gasteiger charge is 2.12. The molecule has 1 aliphatic heterocycles. The summed E-state index contributed by atoms with van der Waals surface area (Å²) in [5.41, 5.74) is 0. The molecule has 0 aliphatic carbocycles. The van der Waals surface area contributed by atoms with Crippen LogP contribution in [0.25, 0.3) is 0 Å². The van der Waals surface area contributed by atoms with Crippen LogP contribution in [0.4, 0.5) is 0 Å². The van der Waals surface area contributed by atoms with Crippen LogP contribution in [0.3, 0.4) is 0 Å². The minimum absolute atomic E-state index is 0.202. The molecule has 3 heteroatoms. The molecule has 0 atom stereocenters. The van der Waals surface area contributed by atoms with Gasteiger partial charge in [0.25, 0.3) is 0 Å². The zero-order valence-electron chi connectivity index (χ0n) is 12.2. The fourth-order valence-corrected chi connectivity index (χ4v) is 2.18. The molecule has 0 amide bonds. The Balaban J connectivity index is 2.38. The van der Waals surface area contributed by atoms with Crippen LogP contribution in [-0.2, 0) is 4.74 Å². The summed E-state index contributed by atoms with van der Waals surface area (Å²) in [7, 11) is 2.08. The number of likely N-dealkylation sites (N-methyl/N-ethyl adjacent to an activating group) is 1. The van der Waals surface area contributed by atoms with Gasteiger partial charge in [0, 0.05) is 20.1 Å². The molecule has 0 aromatic heterocycles. The number of rotatable bonds is 7. The smallest absolute Gasteiger partial charge is 0.189 e. The molecule has 1 rings (SSSR count). The lowest BCUT2D eigenvalue weighted by atomic mass is 10.1. The van der Waals surface area contributed by atoms with Crippen molar-refractivity contribution < 1.29 is 4.74 Å². The maximum Gasteiger partial charge on any atom is 0.189 e. The van der Waals surface area contributed by atoms with Gasteiger partial charge in [-0.2, -0.15) is 0 Å². The lowest BCUT2D eigenvalue weighted by Crippen LogP contribution is -2.36. The summed E-state index contributed by atoms with van der Waals surface area (Å²) in [6.45, 7) is 12.5. The van der Waals surface area contributed by atoms with Gasteiger partial charge in [0.15, 0.2) is 5.88 Å². The Bertz CT molecular complexity index is 268. The highest BCUT2D eigenvalue weighted by molar-refractivity contribution is 5.03. The number of likely N-dealkylation sites (tertiary alicyclic amines) is 1. The molecular weight excluding hydrogens is 224 g/mol. The molecule has 0 bridgehead atoms. The van der Waals surface area contributed by atoms with Gasteiger partial charge in [-0.3, -0.25) is 0 Å². The van der Waals surface area contributed by atoms with E-state index in [1.54, 1.807) is 6.08 Å². The number of ether oxygens (including phenoxy) is 1. The predicted molar refractivity (Wildman–Crippen MR) is 77.4 cm³/mol. The van der Waals surface area contributed by atoms with Crippen LogP contribution in [0.1, 0.15) is 33.1 Å². The van der Waals surface area contributed by atoms with Gasteiger partial charge in [-0.15, -0.1) is 0 Å². The van der Waals surface area contributed by atoms with E-state index in [2.05, 4.69) is 37.3 Å². The average Bonchev–Trinajstić information content (AvgIpc) is 2.36.